The van der Waals surface area contributed by atoms with Gasteiger partial charge in [0.15, 0.2) is 5.16 Å². The third-order valence-corrected chi connectivity index (χ3v) is 3.96. The fourth-order valence-corrected chi connectivity index (χ4v) is 2.55. The van der Waals surface area contributed by atoms with Crippen molar-refractivity contribution in [2.45, 2.75) is 31.8 Å². The molecular weight excluding hydrogens is 284 g/mol. The van der Waals surface area contributed by atoms with E-state index in [1.54, 1.807) is 6.33 Å². The molecule has 1 N–H and O–H groups in total. The fourth-order valence-electron chi connectivity index (χ4n) is 1.79. The number of aryl methyl sites for hydroxylation is 1. The quantitative estimate of drug-likeness (QED) is 0.631. The lowest BCUT2D eigenvalue weighted by Gasteiger charge is -2.07. The average Bonchev–Trinajstić information content (AvgIpc) is 2.95. The topological polar surface area (TPSA) is 59.8 Å². The lowest BCUT2D eigenvalue weighted by atomic mass is 10.2. The van der Waals surface area contributed by atoms with E-state index in [4.69, 9.17) is 0 Å². The van der Waals surface area contributed by atoms with Crippen LogP contribution in [-0.2, 0) is 4.79 Å². The lowest BCUT2D eigenvalue weighted by molar-refractivity contribution is -0.118. The van der Waals surface area contributed by atoms with E-state index in [-0.39, 0.29) is 5.91 Å². The van der Waals surface area contributed by atoms with E-state index < -0.39 is 0 Å². The SMILES string of the molecule is CCCCNC(=O)CSc1nncn1-c1ccc(C)cc1. The van der Waals surface area contributed by atoms with Crippen LogP contribution in [0.2, 0.25) is 0 Å². The van der Waals surface area contributed by atoms with Gasteiger partial charge in [-0.3, -0.25) is 9.36 Å². The molecule has 0 saturated carbocycles. The maximum Gasteiger partial charge on any atom is 0.230 e. The summed E-state index contributed by atoms with van der Waals surface area (Å²) in [7, 11) is 0. The van der Waals surface area contributed by atoms with Crippen LogP contribution in [0.25, 0.3) is 5.69 Å². The molecule has 1 aromatic heterocycles. The first-order valence-electron chi connectivity index (χ1n) is 7.07. The Labute approximate surface area is 129 Å². The first-order chi connectivity index (χ1) is 10.2. The Bertz CT molecular complexity index is 580. The highest BCUT2D eigenvalue weighted by Crippen LogP contribution is 2.19. The summed E-state index contributed by atoms with van der Waals surface area (Å²) in [6.45, 7) is 4.89. The van der Waals surface area contributed by atoms with Crippen LogP contribution >= 0.6 is 11.8 Å². The molecule has 5 nitrogen and oxygen atoms in total. The van der Waals surface area contributed by atoms with Crippen molar-refractivity contribution in [1.82, 2.24) is 20.1 Å². The second-order valence-corrected chi connectivity index (χ2v) is 5.75. The van der Waals surface area contributed by atoms with E-state index in [1.165, 1.54) is 17.3 Å². The second-order valence-electron chi connectivity index (χ2n) is 4.81. The number of benzene rings is 1. The minimum atomic E-state index is 0.0342. The highest BCUT2D eigenvalue weighted by Gasteiger charge is 2.09. The number of carbonyl (C=O) groups is 1. The van der Waals surface area contributed by atoms with E-state index in [1.807, 2.05) is 35.8 Å². The molecule has 0 aliphatic rings. The van der Waals surface area contributed by atoms with Crippen molar-refractivity contribution in [2.75, 3.05) is 12.3 Å². The summed E-state index contributed by atoms with van der Waals surface area (Å²) in [5, 5.41) is 11.6. The van der Waals surface area contributed by atoms with Gasteiger partial charge in [0.1, 0.15) is 6.33 Å². The first kappa shape index (κ1) is 15.6. The fraction of sp³-hybridized carbons (Fsp3) is 0.400. The maximum atomic E-state index is 11.7. The van der Waals surface area contributed by atoms with Crippen LogP contribution in [0.4, 0.5) is 0 Å². The summed E-state index contributed by atoms with van der Waals surface area (Å²) in [6.07, 6.45) is 3.76. The molecule has 0 radical (unpaired) electrons. The zero-order valence-electron chi connectivity index (χ0n) is 12.4. The van der Waals surface area contributed by atoms with Crippen LogP contribution in [0.3, 0.4) is 0 Å². The van der Waals surface area contributed by atoms with Crippen LogP contribution in [-0.4, -0.2) is 33.0 Å². The Morgan fingerprint density at radius 1 is 1.33 bits per heavy atom. The number of rotatable bonds is 7. The molecule has 0 aliphatic heterocycles. The van der Waals surface area contributed by atoms with Gasteiger partial charge in [0, 0.05) is 12.2 Å². The van der Waals surface area contributed by atoms with Crippen molar-refractivity contribution in [3.05, 3.63) is 36.2 Å². The van der Waals surface area contributed by atoms with Crippen molar-refractivity contribution in [2.24, 2.45) is 0 Å². The first-order valence-corrected chi connectivity index (χ1v) is 8.06. The molecule has 6 heteroatoms. The van der Waals surface area contributed by atoms with Gasteiger partial charge in [0.25, 0.3) is 0 Å². The van der Waals surface area contributed by atoms with E-state index in [2.05, 4.69) is 22.4 Å². The number of thioether (sulfide) groups is 1. The standard InChI is InChI=1S/C15H20N4OS/c1-3-4-9-16-14(20)10-21-15-18-17-11-19(15)13-7-5-12(2)6-8-13/h5-8,11H,3-4,9-10H2,1-2H3,(H,16,20). The molecule has 0 bridgehead atoms. The largest absolute Gasteiger partial charge is 0.355 e. The molecule has 2 rings (SSSR count). The van der Waals surface area contributed by atoms with Crippen LogP contribution in [0.1, 0.15) is 25.3 Å². The Morgan fingerprint density at radius 3 is 2.81 bits per heavy atom. The molecule has 2 aromatic rings. The molecule has 21 heavy (non-hydrogen) atoms. The highest BCUT2D eigenvalue weighted by molar-refractivity contribution is 7.99. The lowest BCUT2D eigenvalue weighted by Crippen LogP contribution is -2.26. The Morgan fingerprint density at radius 2 is 2.10 bits per heavy atom. The van der Waals surface area contributed by atoms with Gasteiger partial charge in [-0.1, -0.05) is 42.8 Å². The number of nitrogens with zero attached hydrogens (tertiary/aromatic N) is 3. The summed E-state index contributed by atoms with van der Waals surface area (Å²) in [5.41, 5.74) is 2.20. The second kappa shape index (κ2) is 7.83. The van der Waals surface area contributed by atoms with Crippen molar-refractivity contribution in [3.8, 4) is 5.69 Å². The zero-order valence-corrected chi connectivity index (χ0v) is 13.2. The Hall–Kier alpha value is -1.82. The number of hydrogen-bond donors (Lipinski definition) is 1. The summed E-state index contributed by atoms with van der Waals surface area (Å²) >= 11 is 1.40. The minimum Gasteiger partial charge on any atom is -0.355 e. The molecule has 0 fully saturated rings. The summed E-state index contributed by atoms with van der Waals surface area (Å²) in [5.74, 6) is 0.390. The van der Waals surface area contributed by atoms with Crippen LogP contribution in [0, 0.1) is 6.92 Å². The number of aromatic nitrogens is 3. The van der Waals surface area contributed by atoms with E-state index in [0.29, 0.717) is 5.75 Å². The van der Waals surface area contributed by atoms with Gasteiger partial charge >= 0.3 is 0 Å². The Balaban J connectivity index is 1.94. The maximum absolute atomic E-state index is 11.7. The van der Waals surface area contributed by atoms with E-state index in [9.17, 15) is 4.79 Å². The van der Waals surface area contributed by atoms with Gasteiger partial charge in [-0.25, -0.2) is 0 Å². The molecule has 0 aliphatic carbocycles. The number of hydrogen-bond acceptors (Lipinski definition) is 4. The van der Waals surface area contributed by atoms with Gasteiger partial charge in [-0.15, -0.1) is 10.2 Å². The summed E-state index contributed by atoms with van der Waals surface area (Å²) in [4.78, 5) is 11.7. The molecule has 0 unspecified atom stereocenters. The molecule has 1 amide bonds. The van der Waals surface area contributed by atoms with Crippen LogP contribution in [0.15, 0.2) is 35.7 Å². The minimum absolute atomic E-state index is 0.0342. The predicted molar refractivity (Wildman–Crippen MR) is 84.7 cm³/mol. The molecule has 0 spiro atoms. The molecule has 0 saturated heterocycles. The van der Waals surface area contributed by atoms with Crippen molar-refractivity contribution < 1.29 is 4.79 Å². The van der Waals surface area contributed by atoms with Gasteiger partial charge in [0.05, 0.1) is 5.75 Å². The average molecular weight is 304 g/mol. The Kier molecular flexibility index (Phi) is 5.80. The predicted octanol–water partition coefficient (Wildman–Crippen LogP) is 2.58. The molecular formula is C15H20N4OS. The van der Waals surface area contributed by atoms with Crippen LogP contribution < -0.4 is 5.32 Å². The number of unbranched alkanes of at least 4 members (excludes halogenated alkanes) is 1. The molecule has 1 aromatic carbocycles. The zero-order chi connectivity index (χ0) is 15.1. The highest BCUT2D eigenvalue weighted by atomic mass is 32.2. The molecule has 0 atom stereocenters. The number of carbonyl (C=O) groups excluding carboxylic acids is 1. The van der Waals surface area contributed by atoms with Crippen molar-refractivity contribution >= 4 is 17.7 Å². The van der Waals surface area contributed by atoms with Gasteiger partial charge in [0.2, 0.25) is 5.91 Å². The van der Waals surface area contributed by atoms with Gasteiger partial charge in [-0.2, -0.15) is 0 Å². The van der Waals surface area contributed by atoms with Crippen LogP contribution in [0.5, 0.6) is 0 Å². The van der Waals surface area contributed by atoms with E-state index >= 15 is 0 Å². The van der Waals surface area contributed by atoms with Crippen molar-refractivity contribution in [3.63, 3.8) is 0 Å². The van der Waals surface area contributed by atoms with Crippen molar-refractivity contribution in [1.29, 1.82) is 0 Å². The van der Waals surface area contributed by atoms with Gasteiger partial charge < -0.3 is 5.32 Å². The third kappa shape index (κ3) is 4.60. The smallest absolute Gasteiger partial charge is 0.230 e. The monoisotopic (exact) mass is 304 g/mol. The summed E-state index contributed by atoms with van der Waals surface area (Å²) < 4.78 is 1.89. The van der Waals surface area contributed by atoms with Gasteiger partial charge in [-0.05, 0) is 25.5 Å². The summed E-state index contributed by atoms with van der Waals surface area (Å²) in [6, 6.07) is 8.12. The number of amides is 1. The number of nitrogens with one attached hydrogen (secondary N) is 1. The van der Waals surface area contributed by atoms with E-state index in [0.717, 1.165) is 30.2 Å². The molecule has 1 heterocycles. The normalized spacial score (nSPS) is 10.6. The third-order valence-electron chi connectivity index (χ3n) is 3.01. The molecule has 112 valence electrons.